The van der Waals surface area contributed by atoms with Crippen LogP contribution in [0.2, 0.25) is 0 Å². The molecule has 0 atom stereocenters. The van der Waals surface area contributed by atoms with Crippen molar-refractivity contribution >= 4 is 21.9 Å². The second-order valence-corrected chi connectivity index (χ2v) is 4.91. The van der Waals surface area contributed by atoms with E-state index in [1.807, 2.05) is 24.4 Å². The Morgan fingerprint density at radius 2 is 1.95 bits per heavy atom. The van der Waals surface area contributed by atoms with Crippen molar-refractivity contribution < 1.29 is 4.39 Å². The molecule has 0 unspecified atom stereocenters. The lowest BCUT2D eigenvalue weighted by Crippen LogP contribution is -1.94. The second-order valence-electron chi connectivity index (χ2n) is 4.91. The van der Waals surface area contributed by atoms with Gasteiger partial charge in [0.05, 0.1) is 5.52 Å². The fourth-order valence-corrected chi connectivity index (χ4v) is 2.48. The van der Waals surface area contributed by atoms with Crippen LogP contribution in [0.5, 0.6) is 0 Å². The maximum absolute atomic E-state index is 12.8. The van der Waals surface area contributed by atoms with Gasteiger partial charge in [-0.2, -0.15) is 4.39 Å². The number of nitrogens with one attached hydrogen (secondary N) is 1. The quantitative estimate of drug-likeness (QED) is 0.573. The van der Waals surface area contributed by atoms with E-state index in [1.54, 1.807) is 12.3 Å². The first-order valence-corrected chi connectivity index (χ1v) is 6.61. The summed E-state index contributed by atoms with van der Waals surface area (Å²) in [6.45, 7) is 0. The van der Waals surface area contributed by atoms with Crippen LogP contribution in [0.3, 0.4) is 0 Å². The van der Waals surface area contributed by atoms with Gasteiger partial charge in [0, 0.05) is 41.5 Å². The molecule has 0 radical (unpaired) electrons. The topological polar surface area (TPSA) is 54.5 Å². The Morgan fingerprint density at radius 1 is 1.00 bits per heavy atom. The molecule has 0 saturated heterocycles. The van der Waals surface area contributed by atoms with Gasteiger partial charge in [0.2, 0.25) is 5.95 Å². The van der Waals surface area contributed by atoms with Gasteiger partial charge < -0.3 is 4.98 Å². The zero-order chi connectivity index (χ0) is 14.2. The van der Waals surface area contributed by atoms with Crippen LogP contribution in [0, 0.1) is 5.95 Å². The average molecular weight is 278 g/mol. The highest BCUT2D eigenvalue weighted by Gasteiger charge is 2.07. The van der Waals surface area contributed by atoms with Gasteiger partial charge in [0.25, 0.3) is 0 Å². The van der Waals surface area contributed by atoms with Crippen LogP contribution >= 0.6 is 0 Å². The molecule has 0 saturated carbocycles. The van der Waals surface area contributed by atoms with Crippen molar-refractivity contribution in [2.45, 2.75) is 6.42 Å². The van der Waals surface area contributed by atoms with E-state index < -0.39 is 5.95 Å². The standard InChI is InChI=1S/C16H11FN4/c17-15-4-1-10(8-19-15)7-11-2-3-12-13-9-18-6-5-14(13)21-16(12)20-11/h1-6,8-9H,7H2,(H,20,21). The SMILES string of the molecule is Fc1ccc(Cc2ccc3c(n2)[nH]c2ccncc23)cn1. The first kappa shape index (κ1) is 12.0. The Morgan fingerprint density at radius 3 is 2.81 bits per heavy atom. The summed E-state index contributed by atoms with van der Waals surface area (Å²) in [5.41, 5.74) is 3.70. The molecular formula is C16H11FN4. The van der Waals surface area contributed by atoms with Crippen LogP contribution in [0.15, 0.2) is 48.9 Å². The van der Waals surface area contributed by atoms with Gasteiger partial charge in [0.15, 0.2) is 0 Å². The number of aromatic nitrogens is 4. The molecular weight excluding hydrogens is 267 g/mol. The minimum absolute atomic E-state index is 0.467. The summed E-state index contributed by atoms with van der Waals surface area (Å²) >= 11 is 0. The van der Waals surface area contributed by atoms with Crippen molar-refractivity contribution in [1.29, 1.82) is 0 Å². The molecule has 0 aromatic carbocycles. The molecule has 4 aromatic heterocycles. The van der Waals surface area contributed by atoms with E-state index in [9.17, 15) is 4.39 Å². The summed E-state index contributed by atoms with van der Waals surface area (Å²) in [7, 11) is 0. The van der Waals surface area contributed by atoms with E-state index in [1.165, 1.54) is 12.3 Å². The highest BCUT2D eigenvalue weighted by atomic mass is 19.1. The van der Waals surface area contributed by atoms with Gasteiger partial charge in [-0.15, -0.1) is 0 Å². The first-order chi connectivity index (χ1) is 10.3. The monoisotopic (exact) mass is 278 g/mol. The summed E-state index contributed by atoms with van der Waals surface area (Å²) in [6, 6.07) is 9.04. The molecule has 4 aromatic rings. The van der Waals surface area contributed by atoms with Gasteiger partial charge >= 0.3 is 0 Å². The molecule has 102 valence electrons. The van der Waals surface area contributed by atoms with Crippen LogP contribution in [-0.2, 0) is 6.42 Å². The van der Waals surface area contributed by atoms with Crippen LogP contribution in [0.1, 0.15) is 11.3 Å². The van der Waals surface area contributed by atoms with Crippen LogP contribution in [0.25, 0.3) is 21.9 Å². The maximum Gasteiger partial charge on any atom is 0.212 e. The van der Waals surface area contributed by atoms with Crippen molar-refractivity contribution in [1.82, 2.24) is 19.9 Å². The van der Waals surface area contributed by atoms with Crippen LogP contribution < -0.4 is 0 Å². The number of aromatic amines is 1. The lowest BCUT2D eigenvalue weighted by molar-refractivity contribution is 0.582. The van der Waals surface area contributed by atoms with Gasteiger partial charge in [-0.25, -0.2) is 9.97 Å². The molecule has 21 heavy (non-hydrogen) atoms. The van der Waals surface area contributed by atoms with Gasteiger partial charge in [-0.05, 0) is 29.8 Å². The highest BCUT2D eigenvalue weighted by Crippen LogP contribution is 2.23. The summed E-state index contributed by atoms with van der Waals surface area (Å²) in [5.74, 6) is -0.467. The number of rotatable bonds is 2. The molecule has 0 amide bonds. The van der Waals surface area contributed by atoms with E-state index >= 15 is 0 Å². The summed E-state index contributed by atoms with van der Waals surface area (Å²) in [5, 5.41) is 2.12. The predicted molar refractivity (Wildman–Crippen MR) is 78.4 cm³/mol. The summed E-state index contributed by atoms with van der Waals surface area (Å²) < 4.78 is 12.8. The smallest absolute Gasteiger partial charge is 0.212 e. The molecule has 5 heteroatoms. The number of nitrogens with zero attached hydrogens (tertiary/aromatic N) is 3. The lowest BCUT2D eigenvalue weighted by atomic mass is 10.1. The molecule has 0 bridgehead atoms. The summed E-state index contributed by atoms with van der Waals surface area (Å²) in [6.07, 6.45) is 5.75. The average Bonchev–Trinajstić information content (AvgIpc) is 2.87. The Bertz CT molecular complexity index is 928. The molecule has 1 N–H and O–H groups in total. The minimum atomic E-state index is -0.467. The third kappa shape index (κ3) is 2.12. The van der Waals surface area contributed by atoms with Crippen molar-refractivity contribution in [2.24, 2.45) is 0 Å². The van der Waals surface area contributed by atoms with E-state index in [2.05, 4.69) is 19.9 Å². The lowest BCUT2D eigenvalue weighted by Gasteiger charge is -2.01. The third-order valence-corrected chi connectivity index (χ3v) is 3.49. The predicted octanol–water partition coefficient (Wildman–Crippen LogP) is 3.24. The van der Waals surface area contributed by atoms with E-state index in [4.69, 9.17) is 0 Å². The van der Waals surface area contributed by atoms with E-state index in [0.29, 0.717) is 6.42 Å². The zero-order valence-electron chi connectivity index (χ0n) is 11.0. The molecule has 4 nitrogen and oxygen atoms in total. The number of halogens is 1. The van der Waals surface area contributed by atoms with Gasteiger partial charge in [-0.3, -0.25) is 4.98 Å². The number of hydrogen-bond donors (Lipinski definition) is 1. The van der Waals surface area contributed by atoms with Crippen molar-refractivity contribution in [3.8, 4) is 0 Å². The number of pyridine rings is 3. The Balaban J connectivity index is 1.76. The molecule has 4 heterocycles. The fourth-order valence-electron chi connectivity index (χ4n) is 2.48. The molecule has 0 aliphatic heterocycles. The van der Waals surface area contributed by atoms with Gasteiger partial charge in [-0.1, -0.05) is 6.07 Å². The Labute approximate surface area is 119 Å². The number of H-pyrrole nitrogens is 1. The highest BCUT2D eigenvalue weighted by molar-refractivity contribution is 6.05. The molecule has 0 spiro atoms. The van der Waals surface area contributed by atoms with Gasteiger partial charge in [0.1, 0.15) is 5.65 Å². The first-order valence-electron chi connectivity index (χ1n) is 6.61. The van der Waals surface area contributed by atoms with E-state index in [-0.39, 0.29) is 0 Å². The van der Waals surface area contributed by atoms with Crippen molar-refractivity contribution in [3.05, 3.63) is 66.1 Å². The van der Waals surface area contributed by atoms with Crippen LogP contribution in [-0.4, -0.2) is 19.9 Å². The molecule has 0 fully saturated rings. The summed E-state index contributed by atoms with van der Waals surface area (Å²) in [4.78, 5) is 15.7. The maximum atomic E-state index is 12.8. The Hall–Kier alpha value is -2.82. The molecule has 0 aliphatic rings. The largest absolute Gasteiger partial charge is 0.339 e. The zero-order valence-corrected chi connectivity index (χ0v) is 11.0. The van der Waals surface area contributed by atoms with Crippen molar-refractivity contribution in [3.63, 3.8) is 0 Å². The minimum Gasteiger partial charge on any atom is -0.339 e. The van der Waals surface area contributed by atoms with Crippen molar-refractivity contribution in [2.75, 3.05) is 0 Å². The molecule has 0 aliphatic carbocycles. The number of fused-ring (bicyclic) bond motifs is 3. The molecule has 4 rings (SSSR count). The fraction of sp³-hybridized carbons (Fsp3) is 0.0625. The van der Waals surface area contributed by atoms with E-state index in [0.717, 1.165) is 33.2 Å². The normalized spacial score (nSPS) is 11.3. The Kier molecular flexibility index (Phi) is 2.64. The third-order valence-electron chi connectivity index (χ3n) is 3.49. The second kappa shape index (κ2) is 4.63. The number of hydrogen-bond acceptors (Lipinski definition) is 3. The van der Waals surface area contributed by atoms with Crippen LogP contribution in [0.4, 0.5) is 4.39 Å².